The summed E-state index contributed by atoms with van der Waals surface area (Å²) in [5.41, 5.74) is 0.636. The molecule has 1 radical (unpaired) electrons. The summed E-state index contributed by atoms with van der Waals surface area (Å²) in [4.78, 5) is 11.9. The van der Waals surface area contributed by atoms with Gasteiger partial charge in [-0.05, 0) is 18.6 Å². The zero-order chi connectivity index (χ0) is 17.6. The van der Waals surface area contributed by atoms with Crippen molar-refractivity contribution in [3.05, 3.63) is 28.2 Å². The minimum absolute atomic E-state index is 0.0178. The molecular formula is C20H30Cl2NO. The molecule has 0 atom stereocenters. The van der Waals surface area contributed by atoms with Gasteiger partial charge in [0.1, 0.15) is 0 Å². The maximum absolute atomic E-state index is 11.9. The fourth-order valence-electron chi connectivity index (χ4n) is 2.75. The van der Waals surface area contributed by atoms with E-state index in [1.807, 2.05) is 0 Å². The maximum Gasteiger partial charge on any atom is 0.224 e. The Balaban J connectivity index is 1.98. The number of anilines is 1. The van der Waals surface area contributed by atoms with Gasteiger partial charge in [0.25, 0.3) is 0 Å². The SMILES string of the molecule is CCCCCCCCCCCCCC(=O)Nc1cc(Cl)[c]c(Cl)c1. The van der Waals surface area contributed by atoms with Crippen LogP contribution in [0.1, 0.15) is 84.0 Å². The fourth-order valence-corrected chi connectivity index (χ4v) is 3.23. The van der Waals surface area contributed by atoms with E-state index in [0.717, 1.165) is 12.8 Å². The molecule has 1 N–H and O–H groups in total. The molecule has 0 aliphatic rings. The summed E-state index contributed by atoms with van der Waals surface area (Å²) in [6.07, 6.45) is 14.6. The van der Waals surface area contributed by atoms with Gasteiger partial charge in [0.05, 0.1) is 10.0 Å². The van der Waals surface area contributed by atoms with Gasteiger partial charge in [-0.15, -0.1) is 0 Å². The summed E-state index contributed by atoms with van der Waals surface area (Å²) in [7, 11) is 0. The highest BCUT2D eigenvalue weighted by molar-refractivity contribution is 6.34. The van der Waals surface area contributed by atoms with Crippen molar-refractivity contribution in [1.29, 1.82) is 0 Å². The van der Waals surface area contributed by atoms with Crippen LogP contribution in [0.4, 0.5) is 5.69 Å². The summed E-state index contributed by atoms with van der Waals surface area (Å²) < 4.78 is 0. The molecule has 0 unspecified atom stereocenters. The number of unbranched alkanes of at least 4 members (excludes halogenated alkanes) is 10. The van der Waals surface area contributed by atoms with Gasteiger partial charge in [-0.1, -0.05) is 94.3 Å². The van der Waals surface area contributed by atoms with Gasteiger partial charge < -0.3 is 5.32 Å². The number of hydrogen-bond acceptors (Lipinski definition) is 1. The van der Waals surface area contributed by atoms with Gasteiger partial charge in [0.15, 0.2) is 0 Å². The molecule has 0 aliphatic carbocycles. The predicted octanol–water partition coefficient (Wildman–Crippen LogP) is 7.43. The van der Waals surface area contributed by atoms with Crippen molar-refractivity contribution in [2.45, 2.75) is 84.0 Å². The fraction of sp³-hybridized carbons (Fsp3) is 0.650. The van der Waals surface area contributed by atoms with Gasteiger partial charge in [-0.2, -0.15) is 0 Å². The Hall–Kier alpha value is -0.730. The van der Waals surface area contributed by atoms with Crippen molar-refractivity contribution in [3.63, 3.8) is 0 Å². The van der Waals surface area contributed by atoms with Gasteiger partial charge in [0, 0.05) is 18.2 Å². The molecule has 0 heterocycles. The Labute approximate surface area is 157 Å². The number of halogens is 2. The molecule has 0 aromatic heterocycles. The van der Waals surface area contributed by atoms with E-state index in [4.69, 9.17) is 23.2 Å². The first-order valence-corrected chi connectivity index (χ1v) is 10.1. The van der Waals surface area contributed by atoms with Gasteiger partial charge >= 0.3 is 0 Å². The third kappa shape index (κ3) is 10.9. The molecule has 1 rings (SSSR count). The second-order valence-electron chi connectivity index (χ2n) is 6.40. The molecule has 2 nitrogen and oxygen atoms in total. The van der Waals surface area contributed by atoms with Crippen LogP contribution >= 0.6 is 23.2 Å². The van der Waals surface area contributed by atoms with Crippen molar-refractivity contribution in [2.24, 2.45) is 0 Å². The predicted molar refractivity (Wildman–Crippen MR) is 105 cm³/mol. The van der Waals surface area contributed by atoms with Crippen LogP contribution in [0, 0.1) is 6.07 Å². The molecule has 0 saturated heterocycles. The van der Waals surface area contributed by atoms with Crippen LogP contribution in [0.25, 0.3) is 0 Å². The summed E-state index contributed by atoms with van der Waals surface area (Å²) in [5, 5.41) is 3.65. The molecule has 0 bridgehead atoms. The Kier molecular flexibility index (Phi) is 12.0. The Morgan fingerprint density at radius 2 is 1.33 bits per heavy atom. The minimum Gasteiger partial charge on any atom is -0.326 e. The zero-order valence-corrected chi connectivity index (χ0v) is 16.3. The van der Waals surface area contributed by atoms with Crippen LogP contribution in [0.3, 0.4) is 0 Å². The number of carbonyl (C=O) groups excluding carboxylic acids is 1. The first kappa shape index (κ1) is 21.3. The maximum atomic E-state index is 11.9. The lowest BCUT2D eigenvalue weighted by Crippen LogP contribution is -2.11. The van der Waals surface area contributed by atoms with Crippen LogP contribution < -0.4 is 5.32 Å². The normalized spacial score (nSPS) is 10.8. The molecule has 24 heavy (non-hydrogen) atoms. The molecule has 1 amide bonds. The lowest BCUT2D eigenvalue weighted by atomic mass is 10.1. The molecule has 4 heteroatoms. The van der Waals surface area contributed by atoms with Crippen molar-refractivity contribution >= 4 is 34.8 Å². The molecular weight excluding hydrogens is 341 g/mol. The molecule has 0 aliphatic heterocycles. The van der Waals surface area contributed by atoms with Gasteiger partial charge in [0.2, 0.25) is 5.91 Å². The second kappa shape index (κ2) is 13.5. The van der Waals surface area contributed by atoms with Crippen molar-refractivity contribution in [2.75, 3.05) is 5.32 Å². The lowest BCUT2D eigenvalue weighted by Gasteiger charge is -2.06. The quantitative estimate of drug-likeness (QED) is 0.359. The van der Waals surface area contributed by atoms with Crippen molar-refractivity contribution in [3.8, 4) is 0 Å². The number of rotatable bonds is 13. The van der Waals surface area contributed by atoms with E-state index < -0.39 is 0 Å². The van der Waals surface area contributed by atoms with E-state index in [9.17, 15) is 4.79 Å². The minimum atomic E-state index is 0.0178. The van der Waals surface area contributed by atoms with E-state index in [1.165, 1.54) is 57.8 Å². The molecule has 1 aromatic rings. The monoisotopic (exact) mass is 370 g/mol. The average Bonchev–Trinajstić information content (AvgIpc) is 2.51. The molecule has 0 spiro atoms. The van der Waals surface area contributed by atoms with Crippen LogP contribution in [0.2, 0.25) is 10.0 Å². The van der Waals surface area contributed by atoms with Crippen molar-refractivity contribution < 1.29 is 4.79 Å². The third-order valence-electron chi connectivity index (χ3n) is 4.09. The smallest absolute Gasteiger partial charge is 0.224 e. The van der Waals surface area contributed by atoms with E-state index in [-0.39, 0.29) is 5.91 Å². The van der Waals surface area contributed by atoms with Crippen LogP contribution in [0.15, 0.2) is 12.1 Å². The number of amides is 1. The second-order valence-corrected chi connectivity index (χ2v) is 7.21. The lowest BCUT2D eigenvalue weighted by molar-refractivity contribution is -0.116. The van der Waals surface area contributed by atoms with Crippen LogP contribution in [-0.2, 0) is 4.79 Å². The van der Waals surface area contributed by atoms with Crippen molar-refractivity contribution in [1.82, 2.24) is 0 Å². The van der Waals surface area contributed by atoms with E-state index in [2.05, 4.69) is 18.3 Å². The molecule has 1 aromatic carbocycles. The number of nitrogens with one attached hydrogen (secondary N) is 1. The molecule has 0 saturated carbocycles. The zero-order valence-electron chi connectivity index (χ0n) is 14.8. The summed E-state index contributed by atoms with van der Waals surface area (Å²) in [6.45, 7) is 2.25. The van der Waals surface area contributed by atoms with Gasteiger partial charge in [-0.25, -0.2) is 0 Å². The summed E-state index contributed by atoms with van der Waals surface area (Å²) in [6, 6.07) is 6.07. The third-order valence-corrected chi connectivity index (χ3v) is 4.50. The van der Waals surface area contributed by atoms with E-state index >= 15 is 0 Å². The largest absolute Gasteiger partial charge is 0.326 e. The number of benzene rings is 1. The average molecular weight is 371 g/mol. The first-order chi connectivity index (χ1) is 11.6. The first-order valence-electron chi connectivity index (χ1n) is 9.30. The number of carbonyl (C=O) groups is 1. The Morgan fingerprint density at radius 3 is 1.83 bits per heavy atom. The molecule has 0 fully saturated rings. The Bertz CT molecular complexity index is 456. The van der Waals surface area contributed by atoms with E-state index in [0.29, 0.717) is 22.2 Å². The van der Waals surface area contributed by atoms with Crippen LogP contribution in [-0.4, -0.2) is 5.91 Å². The highest BCUT2D eigenvalue weighted by Crippen LogP contribution is 2.22. The van der Waals surface area contributed by atoms with E-state index in [1.54, 1.807) is 12.1 Å². The topological polar surface area (TPSA) is 29.1 Å². The summed E-state index contributed by atoms with van der Waals surface area (Å²) >= 11 is 11.7. The number of hydrogen-bond donors (Lipinski definition) is 1. The highest BCUT2D eigenvalue weighted by Gasteiger charge is 2.04. The highest BCUT2D eigenvalue weighted by atomic mass is 35.5. The standard InChI is InChI=1S/C20H30Cl2NO/c1-2-3-4-5-6-7-8-9-10-11-12-13-20(24)23-19-15-17(21)14-18(22)16-19/h15-16H,2-13H2,1H3,(H,23,24). The molecule has 135 valence electrons. The van der Waals surface area contributed by atoms with Crippen LogP contribution in [0.5, 0.6) is 0 Å². The Morgan fingerprint density at radius 1 is 0.875 bits per heavy atom. The van der Waals surface area contributed by atoms with Gasteiger partial charge in [-0.3, -0.25) is 4.79 Å². The summed E-state index contributed by atoms with van der Waals surface area (Å²) in [5.74, 6) is 0.0178.